The molecule has 1 N–H and O–H groups in total. The van der Waals surface area contributed by atoms with E-state index in [4.69, 9.17) is 4.74 Å². The van der Waals surface area contributed by atoms with Gasteiger partial charge in [-0.15, -0.1) is 13.2 Å². The molecule has 6 nitrogen and oxygen atoms in total. The number of methoxy groups -OCH3 is 2. The van der Waals surface area contributed by atoms with Gasteiger partial charge < -0.3 is 19.2 Å². The summed E-state index contributed by atoms with van der Waals surface area (Å²) in [6.07, 6.45) is -5.41. The minimum absolute atomic E-state index is 0.166. The average molecular weight is 281 g/mol. The van der Waals surface area contributed by atoms with E-state index in [9.17, 15) is 22.8 Å². The van der Waals surface area contributed by atoms with Crippen LogP contribution in [0.3, 0.4) is 0 Å². The molecule has 0 saturated carbocycles. The van der Waals surface area contributed by atoms with Crippen LogP contribution in [0.2, 0.25) is 0 Å². The monoisotopic (exact) mass is 281 g/mol. The maximum absolute atomic E-state index is 12.0. The van der Waals surface area contributed by atoms with Crippen molar-refractivity contribution in [3.63, 3.8) is 0 Å². The molecule has 1 aromatic rings. The summed E-state index contributed by atoms with van der Waals surface area (Å²) in [6.45, 7) is 0. The highest BCUT2D eigenvalue weighted by atomic mass is 19.4. The van der Waals surface area contributed by atoms with Gasteiger partial charge in [-0.3, -0.25) is 9.59 Å². The number of hydrogen-bond donors (Lipinski definition) is 1. The van der Waals surface area contributed by atoms with Crippen LogP contribution in [0.5, 0.6) is 11.6 Å². The molecule has 19 heavy (non-hydrogen) atoms. The summed E-state index contributed by atoms with van der Waals surface area (Å²) in [5.74, 6) is -1.87. The van der Waals surface area contributed by atoms with Gasteiger partial charge in [0.15, 0.2) is 5.75 Å². The Labute approximate surface area is 105 Å². The lowest BCUT2D eigenvalue weighted by Crippen LogP contribution is -2.21. The standard InChI is InChI=1S/C10H10F3NO5/c1-17-8(16)3-5-9(18-2)6(15)4-7(14-5)19-10(11,12)13/h4H,3H2,1-2H3,(H,14,15). The van der Waals surface area contributed by atoms with E-state index in [0.717, 1.165) is 14.2 Å². The van der Waals surface area contributed by atoms with Crippen LogP contribution in [0, 0.1) is 0 Å². The van der Waals surface area contributed by atoms with Crippen molar-refractivity contribution >= 4 is 5.97 Å². The number of halogens is 3. The highest BCUT2D eigenvalue weighted by molar-refractivity contribution is 5.72. The minimum atomic E-state index is -4.96. The Morgan fingerprint density at radius 3 is 2.47 bits per heavy atom. The third-order valence-electron chi connectivity index (χ3n) is 2.01. The number of aromatic nitrogens is 1. The van der Waals surface area contributed by atoms with Crippen LogP contribution in [-0.2, 0) is 16.0 Å². The number of esters is 1. The van der Waals surface area contributed by atoms with Crippen molar-refractivity contribution in [3.8, 4) is 11.6 Å². The van der Waals surface area contributed by atoms with Crippen molar-refractivity contribution in [3.05, 3.63) is 22.0 Å². The fraction of sp³-hybridized carbons (Fsp3) is 0.400. The van der Waals surface area contributed by atoms with Crippen molar-refractivity contribution in [2.75, 3.05) is 14.2 Å². The van der Waals surface area contributed by atoms with Gasteiger partial charge in [0.25, 0.3) is 0 Å². The van der Waals surface area contributed by atoms with Crippen molar-refractivity contribution in [1.82, 2.24) is 4.98 Å². The van der Waals surface area contributed by atoms with E-state index < -0.39 is 30.1 Å². The smallest absolute Gasteiger partial charge is 0.491 e. The van der Waals surface area contributed by atoms with E-state index in [0.29, 0.717) is 6.07 Å². The maximum atomic E-state index is 12.0. The lowest BCUT2D eigenvalue weighted by atomic mass is 10.2. The Hall–Kier alpha value is -2.19. The van der Waals surface area contributed by atoms with Gasteiger partial charge in [-0.25, -0.2) is 0 Å². The van der Waals surface area contributed by atoms with Gasteiger partial charge in [0, 0.05) is 0 Å². The number of ether oxygens (including phenoxy) is 3. The molecule has 106 valence electrons. The fourth-order valence-corrected chi connectivity index (χ4v) is 1.32. The first-order valence-electron chi connectivity index (χ1n) is 4.89. The molecule has 1 rings (SSSR count). The lowest BCUT2D eigenvalue weighted by molar-refractivity contribution is -0.276. The summed E-state index contributed by atoms with van der Waals surface area (Å²) in [6, 6.07) is 0.576. The van der Waals surface area contributed by atoms with E-state index in [1.807, 2.05) is 0 Å². The van der Waals surface area contributed by atoms with Gasteiger partial charge in [-0.1, -0.05) is 0 Å². The molecule has 0 fully saturated rings. The second-order valence-corrected chi connectivity index (χ2v) is 3.31. The Kier molecular flexibility index (Phi) is 4.41. The zero-order chi connectivity index (χ0) is 14.6. The largest absolute Gasteiger partial charge is 0.574 e. The summed E-state index contributed by atoms with van der Waals surface area (Å²) in [4.78, 5) is 24.8. The van der Waals surface area contributed by atoms with E-state index in [2.05, 4.69) is 14.5 Å². The molecular formula is C10H10F3NO5. The average Bonchev–Trinajstić information content (AvgIpc) is 2.26. The van der Waals surface area contributed by atoms with Gasteiger partial charge in [0.2, 0.25) is 11.3 Å². The second kappa shape index (κ2) is 5.63. The number of alkyl halides is 3. The fourth-order valence-electron chi connectivity index (χ4n) is 1.32. The highest BCUT2D eigenvalue weighted by Crippen LogP contribution is 2.22. The number of carbonyl (C=O) groups is 1. The molecule has 0 unspecified atom stereocenters. The van der Waals surface area contributed by atoms with E-state index in [1.54, 1.807) is 0 Å². The zero-order valence-electron chi connectivity index (χ0n) is 9.96. The van der Waals surface area contributed by atoms with Crippen LogP contribution in [0.1, 0.15) is 5.69 Å². The number of pyridine rings is 1. The summed E-state index contributed by atoms with van der Waals surface area (Å²) >= 11 is 0. The van der Waals surface area contributed by atoms with Crippen LogP contribution < -0.4 is 14.9 Å². The molecule has 0 aliphatic carbocycles. The summed E-state index contributed by atoms with van der Waals surface area (Å²) in [5.41, 5.74) is -1.01. The molecule has 0 bridgehead atoms. The highest BCUT2D eigenvalue weighted by Gasteiger charge is 2.32. The lowest BCUT2D eigenvalue weighted by Gasteiger charge is -2.12. The minimum Gasteiger partial charge on any atom is -0.491 e. The van der Waals surface area contributed by atoms with Crippen molar-refractivity contribution in [2.45, 2.75) is 12.8 Å². The number of aromatic amines is 1. The third kappa shape index (κ3) is 4.19. The maximum Gasteiger partial charge on any atom is 0.574 e. The molecule has 0 aliphatic rings. The summed E-state index contributed by atoms with van der Waals surface area (Å²) in [7, 11) is 2.25. The Morgan fingerprint density at radius 2 is 2.00 bits per heavy atom. The Bertz CT molecular complexity index is 523. The normalized spacial score (nSPS) is 11.0. The van der Waals surface area contributed by atoms with Crippen LogP contribution in [0.4, 0.5) is 13.2 Å². The summed E-state index contributed by atoms with van der Waals surface area (Å²) < 4.78 is 48.8. The van der Waals surface area contributed by atoms with Crippen molar-refractivity contribution in [2.24, 2.45) is 0 Å². The molecule has 0 saturated heterocycles. The predicted octanol–water partition coefficient (Wildman–Crippen LogP) is 0.998. The number of hydrogen-bond acceptors (Lipinski definition) is 5. The van der Waals surface area contributed by atoms with Gasteiger partial charge >= 0.3 is 12.3 Å². The number of H-pyrrole nitrogens is 1. The molecule has 1 aromatic heterocycles. The molecular weight excluding hydrogens is 271 g/mol. The molecule has 0 amide bonds. The molecule has 0 spiro atoms. The molecule has 0 aliphatic heterocycles. The van der Waals surface area contributed by atoms with Gasteiger partial charge in [0.1, 0.15) is 0 Å². The Morgan fingerprint density at radius 1 is 1.37 bits per heavy atom. The molecule has 0 aromatic carbocycles. The van der Waals surface area contributed by atoms with Crippen molar-refractivity contribution < 1.29 is 32.2 Å². The first-order valence-corrected chi connectivity index (χ1v) is 4.89. The number of carbonyl (C=O) groups excluding carboxylic acids is 1. The molecule has 1 heterocycles. The zero-order valence-corrected chi connectivity index (χ0v) is 9.96. The first-order chi connectivity index (χ1) is 8.76. The first kappa shape index (κ1) is 14.9. The second-order valence-electron chi connectivity index (χ2n) is 3.31. The van der Waals surface area contributed by atoms with Gasteiger partial charge in [0.05, 0.1) is 32.4 Å². The van der Waals surface area contributed by atoms with Gasteiger partial charge in [-0.2, -0.15) is 0 Å². The number of nitrogens with one attached hydrogen (secondary N) is 1. The van der Waals surface area contributed by atoms with Crippen LogP contribution in [-0.4, -0.2) is 31.5 Å². The SMILES string of the molecule is COC(=O)Cc1[nH]c(OC(F)(F)F)cc(=O)c1OC. The topological polar surface area (TPSA) is 77.6 Å². The molecule has 0 atom stereocenters. The van der Waals surface area contributed by atoms with E-state index in [1.165, 1.54) is 0 Å². The van der Waals surface area contributed by atoms with Gasteiger partial charge in [-0.05, 0) is 0 Å². The van der Waals surface area contributed by atoms with Crippen molar-refractivity contribution in [1.29, 1.82) is 0 Å². The van der Waals surface area contributed by atoms with Crippen LogP contribution >= 0.6 is 0 Å². The Balaban J connectivity index is 3.18. The predicted molar refractivity (Wildman–Crippen MR) is 56.0 cm³/mol. The number of rotatable bonds is 4. The van der Waals surface area contributed by atoms with E-state index in [-0.39, 0.29) is 11.4 Å². The van der Waals surface area contributed by atoms with Crippen LogP contribution in [0.25, 0.3) is 0 Å². The van der Waals surface area contributed by atoms with Crippen LogP contribution in [0.15, 0.2) is 10.9 Å². The molecule has 9 heteroatoms. The quantitative estimate of drug-likeness (QED) is 0.833. The summed E-state index contributed by atoms with van der Waals surface area (Å²) in [5, 5.41) is 0. The molecule has 0 radical (unpaired) electrons. The van der Waals surface area contributed by atoms with E-state index >= 15 is 0 Å². The third-order valence-corrected chi connectivity index (χ3v) is 2.01.